The summed E-state index contributed by atoms with van der Waals surface area (Å²) in [6, 6.07) is -0.941. The number of hydrogen-bond donors (Lipinski definition) is 3. The van der Waals surface area contributed by atoms with E-state index in [1.165, 1.54) is 23.1 Å². The molecule has 1 saturated heterocycles. The van der Waals surface area contributed by atoms with Gasteiger partial charge in [0, 0.05) is 16.7 Å². The van der Waals surface area contributed by atoms with Crippen molar-refractivity contribution >= 4 is 76.1 Å². The van der Waals surface area contributed by atoms with Gasteiger partial charge >= 0.3 is 18.0 Å². The molecule has 17 heteroatoms. The number of fused-ring (bicyclic) bond motifs is 1. The lowest BCUT2D eigenvalue weighted by Crippen LogP contribution is -2.70. The summed E-state index contributed by atoms with van der Waals surface area (Å²) in [6.45, 7) is 5.74. The minimum Gasteiger partial charge on any atom is -0.445 e. The number of halogens is 1. The van der Waals surface area contributed by atoms with Gasteiger partial charge in [-0.1, -0.05) is 13.0 Å². The van der Waals surface area contributed by atoms with Crippen LogP contribution in [-0.4, -0.2) is 75.8 Å². The molecule has 0 aliphatic carbocycles. The number of rotatable bonds is 9. The van der Waals surface area contributed by atoms with E-state index in [1.807, 2.05) is 6.92 Å². The van der Waals surface area contributed by atoms with E-state index in [4.69, 9.17) is 25.7 Å². The van der Waals surface area contributed by atoms with Crippen LogP contribution in [-0.2, 0) is 33.4 Å². The second-order valence-corrected chi connectivity index (χ2v) is 11.2. The fourth-order valence-corrected chi connectivity index (χ4v) is 5.40. The molecule has 40 heavy (non-hydrogen) atoms. The van der Waals surface area contributed by atoms with E-state index in [0.29, 0.717) is 17.2 Å². The summed E-state index contributed by atoms with van der Waals surface area (Å²) < 4.78 is 14.9. The van der Waals surface area contributed by atoms with Gasteiger partial charge in [0.1, 0.15) is 23.7 Å². The van der Waals surface area contributed by atoms with Gasteiger partial charge in [-0.25, -0.2) is 14.6 Å². The highest BCUT2D eigenvalue weighted by atomic mass is 35.5. The van der Waals surface area contributed by atoms with Gasteiger partial charge in [-0.05, 0) is 27.2 Å². The summed E-state index contributed by atoms with van der Waals surface area (Å²) >= 11 is 2.45. The molecule has 0 radical (unpaired) electrons. The van der Waals surface area contributed by atoms with Crippen molar-refractivity contribution in [3.05, 3.63) is 28.4 Å². The van der Waals surface area contributed by atoms with Crippen LogP contribution in [0.3, 0.4) is 0 Å². The van der Waals surface area contributed by atoms with Crippen LogP contribution in [0, 0.1) is 5.41 Å². The van der Waals surface area contributed by atoms with Gasteiger partial charge in [-0.3, -0.25) is 19.3 Å². The minimum atomic E-state index is -1.06. The molecule has 1 aromatic rings. The van der Waals surface area contributed by atoms with E-state index in [0.717, 1.165) is 4.90 Å². The van der Waals surface area contributed by atoms with Crippen LogP contribution >= 0.6 is 35.5 Å². The van der Waals surface area contributed by atoms with Crippen LogP contribution in [0.1, 0.15) is 39.8 Å². The fraction of sp³-hybridized carbons (Fsp3) is 0.478. The van der Waals surface area contributed by atoms with Gasteiger partial charge < -0.3 is 36.5 Å². The number of nitrogens with zero attached hydrogens (tertiary/aromatic N) is 2. The highest BCUT2D eigenvalue weighted by molar-refractivity contribution is 8.00. The topological polar surface area (TPSA) is 225 Å². The molecule has 0 aromatic carbocycles. The number of β-lactam (4-membered cyclic amide) rings is 1. The minimum absolute atomic E-state index is 0. The zero-order chi connectivity index (χ0) is 28.2. The number of hydrogen-bond acceptors (Lipinski definition) is 12. The second kappa shape index (κ2) is 14.3. The van der Waals surface area contributed by atoms with Crippen molar-refractivity contribution < 1.29 is 43.7 Å². The molecule has 0 spiro atoms. The van der Waals surface area contributed by atoms with Gasteiger partial charge in [-0.15, -0.1) is 35.5 Å². The summed E-state index contributed by atoms with van der Waals surface area (Å²) in [4.78, 5) is 67.6. The van der Waals surface area contributed by atoms with Gasteiger partial charge in [0.15, 0.2) is 5.13 Å². The molecular weight excluding hydrogens is 590 g/mol. The lowest BCUT2D eigenvalue weighted by molar-refractivity contribution is -0.173. The summed E-state index contributed by atoms with van der Waals surface area (Å²) in [6.07, 6.45) is 1.17. The smallest absolute Gasteiger partial charge is 0.404 e. The molecule has 1 fully saturated rings. The predicted octanol–water partition coefficient (Wildman–Crippen LogP) is 0.955. The first-order valence-electron chi connectivity index (χ1n) is 11.5. The molecule has 3 heterocycles. The summed E-state index contributed by atoms with van der Waals surface area (Å²) in [5.41, 5.74) is 10.7. The SMILES string of the molecule is CC/C=C(/C(=O)N[C@@H]1C(=O)N2C(C(=O)OCOC(=O)C(C)(C)C)=C(COC(N)=O)CS[C@H]12)c1csc(N)n1.Cl.O. The number of primary amides is 1. The Hall–Kier alpha value is -3.34. The zero-order valence-electron chi connectivity index (χ0n) is 22.2. The number of amides is 3. The summed E-state index contributed by atoms with van der Waals surface area (Å²) in [5, 5.41) is 4.03. The van der Waals surface area contributed by atoms with Crippen LogP contribution in [0.2, 0.25) is 0 Å². The molecule has 0 saturated carbocycles. The van der Waals surface area contributed by atoms with Crippen LogP contribution < -0.4 is 16.8 Å². The second-order valence-electron chi connectivity index (χ2n) is 9.25. The van der Waals surface area contributed by atoms with Gasteiger partial charge in [0.25, 0.3) is 11.8 Å². The molecule has 2 aliphatic rings. The number of ether oxygens (including phenoxy) is 3. The van der Waals surface area contributed by atoms with E-state index in [2.05, 4.69) is 10.3 Å². The van der Waals surface area contributed by atoms with Crippen molar-refractivity contribution in [2.45, 2.75) is 45.5 Å². The maximum absolute atomic E-state index is 13.1. The Balaban J connectivity index is 0.00000400. The number of thioether (sulfide) groups is 1. The molecule has 14 nitrogen and oxygen atoms in total. The predicted molar refractivity (Wildman–Crippen MR) is 150 cm³/mol. The normalized spacial score (nSPS) is 18.4. The molecular formula is C23H32ClN5O9S2. The first kappa shape index (κ1) is 34.7. The highest BCUT2D eigenvalue weighted by Gasteiger charge is 2.54. The van der Waals surface area contributed by atoms with Crippen molar-refractivity contribution in [1.29, 1.82) is 0 Å². The molecule has 0 bridgehead atoms. The monoisotopic (exact) mass is 621 g/mol. The third-order valence-corrected chi connectivity index (χ3v) is 7.37. The number of thiazole rings is 1. The number of aromatic nitrogens is 1. The number of carbonyl (C=O) groups excluding carboxylic acids is 5. The molecule has 7 N–H and O–H groups in total. The number of nitrogens with one attached hydrogen (secondary N) is 1. The molecule has 222 valence electrons. The number of anilines is 1. The number of esters is 2. The van der Waals surface area contributed by atoms with Crippen LogP contribution in [0.4, 0.5) is 9.93 Å². The average molecular weight is 622 g/mol. The van der Waals surface area contributed by atoms with Crippen molar-refractivity contribution in [2.75, 3.05) is 24.9 Å². The zero-order valence-corrected chi connectivity index (χ0v) is 24.6. The van der Waals surface area contributed by atoms with E-state index < -0.39 is 53.5 Å². The molecule has 2 aliphatic heterocycles. The molecule has 3 amide bonds. The van der Waals surface area contributed by atoms with E-state index in [9.17, 15) is 24.0 Å². The first-order valence-corrected chi connectivity index (χ1v) is 13.4. The average Bonchev–Trinajstić information content (AvgIpc) is 3.28. The Bertz CT molecular complexity index is 1210. The fourth-order valence-electron chi connectivity index (χ4n) is 3.51. The van der Waals surface area contributed by atoms with Gasteiger partial charge in [-0.2, -0.15) is 0 Å². The van der Waals surface area contributed by atoms with Crippen molar-refractivity contribution in [1.82, 2.24) is 15.2 Å². The Labute approximate surface area is 244 Å². The largest absolute Gasteiger partial charge is 0.445 e. The highest BCUT2D eigenvalue weighted by Crippen LogP contribution is 2.41. The van der Waals surface area contributed by atoms with Gasteiger partial charge in [0.05, 0.1) is 16.7 Å². The lowest BCUT2D eigenvalue weighted by atomic mass is 9.98. The number of carbonyl (C=O) groups is 5. The van der Waals surface area contributed by atoms with Crippen molar-refractivity contribution in [3.8, 4) is 0 Å². The number of nitrogen functional groups attached to an aromatic ring is 1. The molecule has 2 atom stereocenters. The Morgan fingerprint density at radius 2 is 1.90 bits per heavy atom. The van der Waals surface area contributed by atoms with E-state index >= 15 is 0 Å². The van der Waals surface area contributed by atoms with Crippen LogP contribution in [0.5, 0.6) is 0 Å². The Morgan fingerprint density at radius 1 is 1.23 bits per heavy atom. The maximum Gasteiger partial charge on any atom is 0.404 e. The lowest BCUT2D eigenvalue weighted by Gasteiger charge is -2.49. The Kier molecular flexibility index (Phi) is 12.4. The van der Waals surface area contributed by atoms with Crippen LogP contribution in [0.25, 0.3) is 5.57 Å². The molecule has 3 rings (SSSR count). The van der Waals surface area contributed by atoms with Gasteiger partial charge in [0.2, 0.25) is 6.79 Å². The first-order chi connectivity index (χ1) is 17.8. The standard InChI is InChI=1S/C23H29N5O8S2.ClH.H2O/c1-5-6-12(13-9-38-21(24)26-13)16(29)27-14-17(30)28-15(11(7-34-22(25)33)8-37-18(14)28)19(31)35-10-36-20(32)23(2,3)4;;/h6,9,14,18H,5,7-8,10H2,1-4H3,(H2,24,26)(H2,25,33)(H,27,29);1H;1H2/b12-6+;;/t14-,18-;;/m1../s1. The van der Waals surface area contributed by atoms with E-state index in [-0.39, 0.29) is 47.1 Å². The maximum atomic E-state index is 13.1. The number of nitrogens with two attached hydrogens (primary N) is 2. The summed E-state index contributed by atoms with van der Waals surface area (Å²) in [7, 11) is 0. The quantitative estimate of drug-likeness (QED) is 0.152. The third kappa shape index (κ3) is 7.87. The summed E-state index contributed by atoms with van der Waals surface area (Å²) in [5.74, 6) is -2.45. The van der Waals surface area contributed by atoms with E-state index in [1.54, 1.807) is 32.2 Å². The molecule has 1 aromatic heterocycles. The van der Waals surface area contributed by atoms with Crippen LogP contribution in [0.15, 0.2) is 22.7 Å². The number of allylic oxidation sites excluding steroid dienone is 1. The van der Waals surface area contributed by atoms with Crippen molar-refractivity contribution in [2.24, 2.45) is 11.1 Å². The van der Waals surface area contributed by atoms with Crippen molar-refractivity contribution in [3.63, 3.8) is 0 Å². The third-order valence-electron chi connectivity index (χ3n) is 5.36. The Morgan fingerprint density at radius 3 is 2.45 bits per heavy atom. The molecule has 0 unspecified atom stereocenters.